The van der Waals surface area contributed by atoms with Gasteiger partial charge >= 0.3 is 0 Å². The first-order valence-electron chi connectivity index (χ1n) is 30.0. The van der Waals surface area contributed by atoms with Gasteiger partial charge in [-0.1, -0.05) is 91.0 Å². The predicted octanol–water partition coefficient (Wildman–Crippen LogP) is 10.4. The van der Waals surface area contributed by atoms with Crippen molar-refractivity contribution in [3.05, 3.63) is 238 Å². The molecule has 3 aliphatic rings. The Balaban J connectivity index is 0.000000131. The highest BCUT2D eigenvalue weighted by molar-refractivity contribution is 5.85. The Morgan fingerprint density at radius 3 is 0.692 bits per heavy atom. The zero-order valence-electron chi connectivity index (χ0n) is 49.8. The van der Waals surface area contributed by atoms with E-state index in [-0.39, 0.29) is 12.4 Å². The van der Waals surface area contributed by atoms with Crippen molar-refractivity contribution in [1.82, 2.24) is 75.4 Å². The fourth-order valence-corrected chi connectivity index (χ4v) is 11.1. The van der Waals surface area contributed by atoms with Gasteiger partial charge in [-0.25, -0.2) is 29.9 Å². The molecule has 0 N–H and O–H groups in total. The molecule has 452 valence electrons. The van der Waals surface area contributed by atoms with Crippen molar-refractivity contribution >= 4 is 47.7 Å². The maximum atomic E-state index is 4.66. The number of piperazine rings is 3. The van der Waals surface area contributed by atoms with Gasteiger partial charge in [0, 0.05) is 186 Å². The maximum Gasteiger partial charge on any atom is 0.225 e. The minimum absolute atomic E-state index is 0. The molecule has 22 heteroatoms. The lowest BCUT2D eigenvalue weighted by atomic mass is 10.0. The number of pyridine rings is 3. The van der Waals surface area contributed by atoms with Gasteiger partial charge in [0.25, 0.3) is 0 Å². The molecule has 9 aromatic heterocycles. The number of aromatic nitrogens is 15. The fourth-order valence-electron chi connectivity index (χ4n) is 11.1. The highest BCUT2D eigenvalue weighted by atomic mass is 35.5. The molecular formula is C69H64ClN21. The Morgan fingerprint density at radius 1 is 0.220 bits per heavy atom. The summed E-state index contributed by atoms with van der Waals surface area (Å²) in [5, 5.41) is 27.6. The van der Waals surface area contributed by atoms with Gasteiger partial charge in [0.1, 0.15) is 0 Å². The van der Waals surface area contributed by atoms with Crippen LogP contribution >= 0.6 is 12.4 Å². The summed E-state index contributed by atoms with van der Waals surface area (Å²) in [7, 11) is 0. The average Bonchev–Trinajstić information content (AvgIpc) is 3.35. The van der Waals surface area contributed by atoms with Gasteiger partial charge < -0.3 is 29.4 Å². The van der Waals surface area contributed by atoms with E-state index in [1.165, 1.54) is 0 Å². The van der Waals surface area contributed by atoms with Gasteiger partial charge in [-0.15, -0.1) is 43.0 Å². The highest BCUT2D eigenvalue weighted by Gasteiger charge is 2.27. The molecule has 0 atom stereocenters. The first-order valence-corrected chi connectivity index (χ1v) is 30.0. The molecule has 0 aliphatic carbocycles. The summed E-state index contributed by atoms with van der Waals surface area (Å²) >= 11 is 0. The molecule has 0 saturated carbocycles. The molecular weight excluding hydrogens is 1160 g/mol. The molecule has 0 bridgehead atoms. The minimum Gasteiger partial charge on any atom is -0.351 e. The van der Waals surface area contributed by atoms with Gasteiger partial charge in [-0.3, -0.25) is 15.0 Å². The third-order valence-corrected chi connectivity index (χ3v) is 15.7. The van der Waals surface area contributed by atoms with Crippen LogP contribution < -0.4 is 29.4 Å². The Bertz CT molecular complexity index is 3730. The monoisotopic (exact) mass is 1220 g/mol. The molecule has 0 spiro atoms. The Morgan fingerprint density at radius 2 is 0.451 bits per heavy atom. The Labute approximate surface area is 533 Å². The van der Waals surface area contributed by atoms with Crippen LogP contribution in [0.2, 0.25) is 0 Å². The van der Waals surface area contributed by atoms with Crippen LogP contribution in [0.15, 0.2) is 238 Å². The van der Waals surface area contributed by atoms with Crippen LogP contribution in [0.3, 0.4) is 0 Å². The molecule has 0 unspecified atom stereocenters. The summed E-state index contributed by atoms with van der Waals surface area (Å²) in [6.07, 6.45) is 21.6. The van der Waals surface area contributed by atoms with Crippen LogP contribution in [-0.2, 0) is 0 Å². The Kier molecular flexibility index (Phi) is 19.5. The predicted molar refractivity (Wildman–Crippen MR) is 359 cm³/mol. The summed E-state index contributed by atoms with van der Waals surface area (Å²) < 4.78 is 0. The lowest BCUT2D eigenvalue weighted by Crippen LogP contribution is -2.47. The highest BCUT2D eigenvalue weighted by Crippen LogP contribution is 2.36. The maximum absolute atomic E-state index is 4.66. The van der Waals surface area contributed by atoms with Crippen LogP contribution in [0, 0.1) is 0 Å². The zero-order valence-corrected chi connectivity index (χ0v) is 50.6. The number of anilines is 6. The summed E-state index contributed by atoms with van der Waals surface area (Å²) in [4.78, 5) is 52.2. The van der Waals surface area contributed by atoms with E-state index in [1.54, 1.807) is 37.2 Å². The third kappa shape index (κ3) is 14.7. The van der Waals surface area contributed by atoms with Crippen LogP contribution in [0.5, 0.6) is 0 Å². The molecule has 3 saturated heterocycles. The van der Waals surface area contributed by atoms with Crippen molar-refractivity contribution < 1.29 is 0 Å². The summed E-state index contributed by atoms with van der Waals surface area (Å²) in [5.41, 5.74) is 12.2. The topological polar surface area (TPSA) is 213 Å². The number of hydrogen-bond donors (Lipinski definition) is 0. The van der Waals surface area contributed by atoms with Gasteiger partial charge in [-0.05, 0) is 89.5 Å². The van der Waals surface area contributed by atoms with E-state index in [1.807, 2.05) is 146 Å². The molecule has 3 fully saturated rings. The quantitative estimate of drug-likeness (QED) is 0.111. The second kappa shape index (κ2) is 29.6. The van der Waals surface area contributed by atoms with Gasteiger partial charge in [0.05, 0.1) is 17.1 Å². The van der Waals surface area contributed by atoms with Crippen molar-refractivity contribution in [1.29, 1.82) is 0 Å². The van der Waals surface area contributed by atoms with Crippen molar-refractivity contribution in [3.8, 4) is 67.2 Å². The smallest absolute Gasteiger partial charge is 0.225 e. The van der Waals surface area contributed by atoms with E-state index in [2.05, 4.69) is 159 Å². The third-order valence-electron chi connectivity index (χ3n) is 15.7. The van der Waals surface area contributed by atoms with E-state index in [4.69, 9.17) is 0 Å². The van der Waals surface area contributed by atoms with E-state index >= 15 is 0 Å². The van der Waals surface area contributed by atoms with Crippen molar-refractivity contribution in [2.45, 2.75) is 0 Å². The standard InChI is InChI=1S/3C23H21N7.ClH/c3*1-2-5-19(6-3-1)21-17-20(18-7-11-24-12-8-18)22(28-27-21)29-13-15-30(16-14-29)23-25-9-4-10-26-23;/h3*1-12,17H,13-16H2;1H. The lowest BCUT2D eigenvalue weighted by molar-refractivity contribution is 0.632. The number of nitrogens with zero attached hydrogens (tertiary/aromatic N) is 21. The van der Waals surface area contributed by atoms with Gasteiger partial charge in [0.2, 0.25) is 17.8 Å². The largest absolute Gasteiger partial charge is 0.351 e. The number of halogens is 1. The molecule has 15 rings (SSSR count). The lowest BCUT2D eigenvalue weighted by Gasteiger charge is -2.36. The summed E-state index contributed by atoms with van der Waals surface area (Å²) in [6.45, 7) is 9.99. The second-order valence-corrected chi connectivity index (χ2v) is 21.3. The molecule has 21 nitrogen and oxygen atoms in total. The zero-order chi connectivity index (χ0) is 60.5. The van der Waals surface area contributed by atoms with Crippen molar-refractivity contribution in [3.63, 3.8) is 0 Å². The van der Waals surface area contributed by atoms with Gasteiger partial charge in [0.15, 0.2) is 17.5 Å². The molecule has 0 amide bonds. The average molecular weight is 1220 g/mol. The molecule has 0 radical (unpaired) electrons. The summed E-state index contributed by atoms with van der Waals surface area (Å²) in [6, 6.07) is 54.4. The molecule has 12 aromatic rings. The molecule has 91 heavy (non-hydrogen) atoms. The fraction of sp³-hybridized carbons (Fsp3) is 0.174. The summed E-state index contributed by atoms with van der Waals surface area (Å²) in [5.74, 6) is 5.02. The Hall–Kier alpha value is -11.3. The normalized spacial score (nSPS) is 13.8. The van der Waals surface area contributed by atoms with Crippen LogP contribution in [-0.4, -0.2) is 154 Å². The van der Waals surface area contributed by atoms with Gasteiger partial charge in [-0.2, -0.15) is 0 Å². The van der Waals surface area contributed by atoms with Crippen molar-refractivity contribution in [2.24, 2.45) is 0 Å². The number of rotatable bonds is 12. The first-order chi connectivity index (χ1) is 44.6. The number of benzene rings is 3. The first kappa shape index (κ1) is 60.0. The number of hydrogen-bond acceptors (Lipinski definition) is 21. The van der Waals surface area contributed by atoms with Crippen LogP contribution in [0.25, 0.3) is 67.2 Å². The van der Waals surface area contributed by atoms with Crippen molar-refractivity contribution in [2.75, 3.05) is 108 Å². The van der Waals surface area contributed by atoms with E-state index in [9.17, 15) is 0 Å². The molecule has 3 aliphatic heterocycles. The van der Waals surface area contributed by atoms with Crippen LogP contribution in [0.4, 0.5) is 35.3 Å². The molecule has 12 heterocycles. The van der Waals surface area contributed by atoms with E-state index in [0.29, 0.717) is 0 Å². The second-order valence-electron chi connectivity index (χ2n) is 21.3. The van der Waals surface area contributed by atoms with E-state index in [0.717, 1.165) is 181 Å². The van der Waals surface area contributed by atoms with E-state index < -0.39 is 0 Å². The SMILES string of the molecule is Cl.c1ccc(-c2cc(-c3ccncc3)c(N3CCN(c4ncccn4)CC3)nn2)cc1.c1ccc(-c2cc(-c3ccncc3)c(N3CCN(c4ncccn4)CC3)nn2)cc1.c1ccc(-c2cc(-c3ccncc3)c(N3CCN(c4ncccn4)CC3)nn2)cc1. The molecule has 3 aromatic carbocycles. The van der Waals surface area contributed by atoms with Crippen LogP contribution in [0.1, 0.15) is 0 Å². The minimum atomic E-state index is 0.